The quantitative estimate of drug-likeness (QED) is 0.857. The molecule has 0 aromatic carbocycles. The molecule has 1 aromatic rings. The molecule has 20 heavy (non-hydrogen) atoms. The minimum atomic E-state index is -2.87. The van der Waals surface area contributed by atoms with E-state index in [0.29, 0.717) is 5.56 Å². The van der Waals surface area contributed by atoms with Crippen LogP contribution < -0.4 is 11.3 Å². The maximum atomic E-state index is 14.1. The predicted molar refractivity (Wildman–Crippen MR) is 69.6 cm³/mol. The smallest absolute Gasteiger partial charge is 0.257 e. The van der Waals surface area contributed by atoms with Crippen LogP contribution >= 0.6 is 0 Å². The van der Waals surface area contributed by atoms with E-state index in [2.05, 4.69) is 4.98 Å². The number of hydrogen-bond acceptors (Lipinski definition) is 3. The van der Waals surface area contributed by atoms with Crippen molar-refractivity contribution in [1.29, 1.82) is 0 Å². The molecule has 1 unspecified atom stereocenters. The zero-order valence-electron chi connectivity index (χ0n) is 11.1. The van der Waals surface area contributed by atoms with Gasteiger partial charge in [-0.25, -0.2) is 8.78 Å². The highest BCUT2D eigenvalue weighted by atomic mass is 19.3. The van der Waals surface area contributed by atoms with Crippen LogP contribution in [0.15, 0.2) is 23.1 Å². The van der Waals surface area contributed by atoms with Gasteiger partial charge in [0.2, 0.25) is 11.5 Å². The van der Waals surface area contributed by atoms with E-state index >= 15 is 0 Å². The molecular formula is C13H17F2N3O2. The summed E-state index contributed by atoms with van der Waals surface area (Å²) in [5.41, 5.74) is 5.24. The second kappa shape index (κ2) is 5.32. The fourth-order valence-corrected chi connectivity index (χ4v) is 2.45. The maximum absolute atomic E-state index is 14.1. The van der Waals surface area contributed by atoms with Gasteiger partial charge in [-0.1, -0.05) is 6.07 Å². The van der Waals surface area contributed by atoms with E-state index in [-0.39, 0.29) is 25.1 Å². The SMILES string of the molecule is CC(C(N)=O)N1CCC(F)(F)[C@@H](c2ccc(=O)[nH]c2)C1. The van der Waals surface area contributed by atoms with Crippen molar-refractivity contribution in [2.75, 3.05) is 13.1 Å². The lowest BCUT2D eigenvalue weighted by atomic mass is 9.87. The van der Waals surface area contributed by atoms with Crippen molar-refractivity contribution < 1.29 is 13.6 Å². The molecule has 2 atom stereocenters. The van der Waals surface area contributed by atoms with Crippen LogP contribution in [0, 0.1) is 0 Å². The Hall–Kier alpha value is -1.76. The number of carbonyl (C=O) groups is 1. The zero-order valence-corrected chi connectivity index (χ0v) is 11.1. The van der Waals surface area contributed by atoms with Crippen LogP contribution in [-0.2, 0) is 4.79 Å². The molecule has 2 rings (SSSR count). The minimum Gasteiger partial charge on any atom is -0.368 e. The molecule has 1 aromatic heterocycles. The molecule has 1 saturated heterocycles. The molecule has 1 aliphatic heterocycles. The number of likely N-dealkylation sites (tertiary alicyclic amines) is 1. The predicted octanol–water partition coefficient (Wildman–Crippen LogP) is 0.673. The second-order valence-electron chi connectivity index (χ2n) is 5.12. The van der Waals surface area contributed by atoms with Crippen molar-refractivity contribution in [1.82, 2.24) is 9.88 Å². The summed E-state index contributed by atoms with van der Waals surface area (Å²) >= 11 is 0. The van der Waals surface area contributed by atoms with Crippen LogP contribution in [0.5, 0.6) is 0 Å². The Morgan fingerprint density at radius 2 is 2.25 bits per heavy atom. The number of aromatic amines is 1. The van der Waals surface area contributed by atoms with Crippen LogP contribution in [0.25, 0.3) is 0 Å². The van der Waals surface area contributed by atoms with Crippen LogP contribution in [0.1, 0.15) is 24.8 Å². The highest BCUT2D eigenvalue weighted by molar-refractivity contribution is 5.79. The minimum absolute atomic E-state index is 0.0309. The maximum Gasteiger partial charge on any atom is 0.257 e. The largest absolute Gasteiger partial charge is 0.368 e. The lowest BCUT2D eigenvalue weighted by Crippen LogP contribution is -2.52. The third kappa shape index (κ3) is 2.87. The molecule has 0 bridgehead atoms. The second-order valence-corrected chi connectivity index (χ2v) is 5.12. The summed E-state index contributed by atoms with van der Waals surface area (Å²) in [7, 11) is 0. The number of piperidine rings is 1. The van der Waals surface area contributed by atoms with Crippen LogP contribution in [0.4, 0.5) is 8.78 Å². The average molecular weight is 285 g/mol. The first-order valence-electron chi connectivity index (χ1n) is 6.41. The Bertz CT molecular complexity index is 538. The Labute approximate surface area is 114 Å². The molecule has 5 nitrogen and oxygen atoms in total. The number of amides is 1. The number of rotatable bonds is 3. The van der Waals surface area contributed by atoms with Crippen molar-refractivity contribution >= 4 is 5.91 Å². The fraction of sp³-hybridized carbons (Fsp3) is 0.538. The molecule has 0 spiro atoms. The normalized spacial score (nSPS) is 24.2. The van der Waals surface area contributed by atoms with Gasteiger partial charge in [0.05, 0.1) is 12.0 Å². The first kappa shape index (κ1) is 14.6. The fourth-order valence-electron chi connectivity index (χ4n) is 2.45. The highest BCUT2D eigenvalue weighted by Crippen LogP contribution is 2.40. The molecule has 0 saturated carbocycles. The van der Waals surface area contributed by atoms with Crippen molar-refractivity contribution in [2.45, 2.75) is 31.2 Å². The number of nitrogens with two attached hydrogens (primary N) is 1. The first-order valence-corrected chi connectivity index (χ1v) is 6.41. The Balaban J connectivity index is 2.25. The molecule has 0 aliphatic carbocycles. The van der Waals surface area contributed by atoms with Crippen LogP contribution in [0.2, 0.25) is 0 Å². The Morgan fingerprint density at radius 3 is 2.80 bits per heavy atom. The lowest BCUT2D eigenvalue weighted by molar-refractivity contribution is -0.127. The van der Waals surface area contributed by atoms with Gasteiger partial charge in [0, 0.05) is 31.8 Å². The number of alkyl halides is 2. The number of carbonyl (C=O) groups excluding carboxylic acids is 1. The van der Waals surface area contributed by atoms with E-state index in [1.165, 1.54) is 18.3 Å². The summed E-state index contributed by atoms with van der Waals surface area (Å²) in [6.45, 7) is 1.76. The summed E-state index contributed by atoms with van der Waals surface area (Å²) < 4.78 is 28.1. The molecule has 0 radical (unpaired) electrons. The van der Waals surface area contributed by atoms with Gasteiger partial charge < -0.3 is 10.7 Å². The molecule has 3 N–H and O–H groups in total. The van der Waals surface area contributed by atoms with Crippen molar-refractivity contribution in [3.05, 3.63) is 34.2 Å². The van der Waals surface area contributed by atoms with E-state index in [4.69, 9.17) is 5.73 Å². The molecule has 1 aliphatic rings. The topological polar surface area (TPSA) is 79.2 Å². The Kier molecular flexibility index (Phi) is 3.89. The monoisotopic (exact) mass is 285 g/mol. The summed E-state index contributed by atoms with van der Waals surface area (Å²) in [5, 5.41) is 0. The van der Waals surface area contributed by atoms with Gasteiger partial charge >= 0.3 is 0 Å². The van der Waals surface area contributed by atoms with Gasteiger partial charge in [0.1, 0.15) is 0 Å². The van der Waals surface area contributed by atoms with Crippen LogP contribution in [0.3, 0.4) is 0 Å². The van der Waals surface area contributed by atoms with Gasteiger partial charge in [-0.3, -0.25) is 14.5 Å². The Morgan fingerprint density at radius 1 is 1.55 bits per heavy atom. The first-order chi connectivity index (χ1) is 9.31. The number of aromatic nitrogens is 1. The van der Waals surface area contributed by atoms with E-state index in [0.717, 1.165) is 0 Å². The van der Waals surface area contributed by atoms with E-state index in [1.807, 2.05) is 0 Å². The van der Waals surface area contributed by atoms with Crippen molar-refractivity contribution in [3.63, 3.8) is 0 Å². The third-order valence-electron chi connectivity index (χ3n) is 3.83. The van der Waals surface area contributed by atoms with Crippen molar-refractivity contribution in [3.8, 4) is 0 Å². The van der Waals surface area contributed by atoms with Crippen molar-refractivity contribution in [2.24, 2.45) is 5.73 Å². The third-order valence-corrected chi connectivity index (χ3v) is 3.83. The molecule has 1 amide bonds. The van der Waals surface area contributed by atoms with E-state index in [1.54, 1.807) is 11.8 Å². The van der Waals surface area contributed by atoms with E-state index in [9.17, 15) is 18.4 Å². The van der Waals surface area contributed by atoms with Gasteiger partial charge in [-0.2, -0.15) is 0 Å². The molecule has 1 fully saturated rings. The lowest BCUT2D eigenvalue weighted by Gasteiger charge is -2.40. The zero-order chi connectivity index (χ0) is 14.9. The molecule has 7 heteroatoms. The summed E-state index contributed by atoms with van der Waals surface area (Å²) in [4.78, 5) is 26.3. The summed E-state index contributed by atoms with van der Waals surface area (Å²) in [6, 6.07) is 2.04. The number of H-pyrrole nitrogens is 1. The summed E-state index contributed by atoms with van der Waals surface area (Å²) in [6.07, 6.45) is 0.966. The standard InChI is InChI=1S/C13H17F2N3O2/c1-8(12(16)20)18-5-4-13(14,15)10(7-18)9-2-3-11(19)17-6-9/h2-3,6,8,10H,4-5,7H2,1H3,(H2,16,20)(H,17,19)/t8?,10-/m1/s1. The van der Waals surface area contributed by atoms with Gasteiger partial charge in [0.15, 0.2) is 0 Å². The number of primary amides is 1. The number of nitrogens with zero attached hydrogens (tertiary/aromatic N) is 1. The van der Waals surface area contributed by atoms with Crippen LogP contribution in [-0.4, -0.2) is 40.8 Å². The molecular weight excluding hydrogens is 268 g/mol. The average Bonchev–Trinajstić information content (AvgIpc) is 2.39. The number of hydrogen-bond donors (Lipinski definition) is 2. The number of halogens is 2. The van der Waals surface area contributed by atoms with Gasteiger partial charge in [-0.05, 0) is 12.5 Å². The highest BCUT2D eigenvalue weighted by Gasteiger charge is 2.46. The number of pyridine rings is 1. The number of nitrogens with one attached hydrogen (secondary N) is 1. The van der Waals surface area contributed by atoms with Gasteiger partial charge in [0.25, 0.3) is 5.92 Å². The molecule has 110 valence electrons. The molecule has 2 heterocycles. The summed E-state index contributed by atoms with van der Waals surface area (Å²) in [5.74, 6) is -4.46. The van der Waals surface area contributed by atoms with Gasteiger partial charge in [-0.15, -0.1) is 0 Å². The van der Waals surface area contributed by atoms with E-state index < -0.39 is 23.8 Å².